The summed E-state index contributed by atoms with van der Waals surface area (Å²) in [4.78, 5) is 42.7. The molecule has 2 aromatic carbocycles. The summed E-state index contributed by atoms with van der Waals surface area (Å²) in [6.45, 7) is 7.57. The highest BCUT2D eigenvalue weighted by Gasteiger charge is 2.42. The number of carboxylic acid groups (broad SMARTS) is 1. The molecule has 214 valence electrons. The summed E-state index contributed by atoms with van der Waals surface area (Å²) < 4.78 is 18.4. The molecule has 40 heavy (non-hydrogen) atoms. The molecule has 2 aromatic rings. The van der Waals surface area contributed by atoms with Gasteiger partial charge >= 0.3 is 5.97 Å². The van der Waals surface area contributed by atoms with Gasteiger partial charge in [-0.05, 0) is 48.9 Å². The van der Waals surface area contributed by atoms with Crippen LogP contribution in [0.3, 0.4) is 0 Å². The first kappa shape index (κ1) is 28.2. The SMILES string of the molecule is CC(C)(C)CN1C(=O)[C@H](CC(=O)N2CCCCC2C(=O)O)O[C@@H](c2cccc3c2OCCO3)c2cc(Cl)ccc21. The molecule has 2 amide bonds. The number of hydrogen-bond acceptors (Lipinski definition) is 6. The van der Waals surface area contributed by atoms with Crippen LogP contribution in [0.2, 0.25) is 5.02 Å². The van der Waals surface area contributed by atoms with E-state index in [0.717, 1.165) is 6.42 Å². The molecule has 1 N–H and O–H groups in total. The summed E-state index contributed by atoms with van der Waals surface area (Å²) >= 11 is 6.48. The number of benzene rings is 2. The number of halogens is 1. The maximum atomic E-state index is 14.2. The maximum absolute atomic E-state index is 14.2. The molecular weight excluding hydrogens is 536 g/mol. The van der Waals surface area contributed by atoms with E-state index in [4.69, 9.17) is 25.8 Å². The van der Waals surface area contributed by atoms with Gasteiger partial charge in [-0.25, -0.2) is 4.79 Å². The Labute approximate surface area is 238 Å². The first-order chi connectivity index (χ1) is 19.0. The Morgan fingerprint density at radius 1 is 1.07 bits per heavy atom. The van der Waals surface area contributed by atoms with Crippen molar-refractivity contribution in [2.75, 3.05) is 31.2 Å². The number of piperidine rings is 1. The van der Waals surface area contributed by atoms with Crippen molar-refractivity contribution in [3.8, 4) is 11.5 Å². The number of ether oxygens (including phenoxy) is 3. The van der Waals surface area contributed by atoms with E-state index in [0.29, 0.717) is 72.5 Å². The van der Waals surface area contributed by atoms with Crippen molar-refractivity contribution in [2.24, 2.45) is 5.41 Å². The van der Waals surface area contributed by atoms with E-state index in [-0.39, 0.29) is 17.7 Å². The van der Waals surface area contributed by atoms with E-state index < -0.39 is 30.1 Å². The van der Waals surface area contributed by atoms with E-state index in [2.05, 4.69) is 0 Å². The van der Waals surface area contributed by atoms with Gasteiger partial charge in [0.05, 0.1) is 6.42 Å². The fourth-order valence-corrected chi connectivity index (χ4v) is 5.83. The lowest BCUT2D eigenvalue weighted by Gasteiger charge is -2.35. The first-order valence-corrected chi connectivity index (χ1v) is 14.1. The van der Waals surface area contributed by atoms with E-state index in [9.17, 15) is 19.5 Å². The van der Waals surface area contributed by atoms with Crippen molar-refractivity contribution in [1.82, 2.24) is 4.90 Å². The number of para-hydroxylation sites is 1. The topological polar surface area (TPSA) is 106 Å². The molecule has 3 aliphatic heterocycles. The van der Waals surface area contributed by atoms with Crippen LogP contribution in [-0.4, -0.2) is 66.2 Å². The van der Waals surface area contributed by atoms with Gasteiger partial charge < -0.3 is 29.1 Å². The minimum absolute atomic E-state index is 0.273. The molecule has 0 saturated carbocycles. The molecule has 5 rings (SSSR count). The number of likely N-dealkylation sites (tertiary alicyclic amines) is 1. The molecule has 0 radical (unpaired) electrons. The predicted octanol–water partition coefficient (Wildman–Crippen LogP) is 4.83. The molecular formula is C30H35ClN2O7. The Morgan fingerprint density at radius 3 is 2.60 bits per heavy atom. The largest absolute Gasteiger partial charge is 0.486 e. The molecule has 3 heterocycles. The van der Waals surface area contributed by atoms with Crippen LogP contribution in [-0.2, 0) is 19.1 Å². The summed E-state index contributed by atoms with van der Waals surface area (Å²) in [5, 5.41) is 10.2. The molecule has 3 aliphatic rings. The van der Waals surface area contributed by atoms with Crippen molar-refractivity contribution < 1.29 is 33.7 Å². The van der Waals surface area contributed by atoms with Gasteiger partial charge in [-0.15, -0.1) is 0 Å². The fraction of sp³-hybridized carbons (Fsp3) is 0.500. The van der Waals surface area contributed by atoms with Gasteiger partial charge in [-0.1, -0.05) is 44.5 Å². The Balaban J connectivity index is 1.59. The quantitative estimate of drug-likeness (QED) is 0.548. The normalized spacial score (nSPS) is 22.9. The first-order valence-electron chi connectivity index (χ1n) is 13.7. The lowest BCUT2D eigenvalue weighted by Crippen LogP contribution is -2.50. The third kappa shape index (κ3) is 5.76. The minimum Gasteiger partial charge on any atom is -0.486 e. The fourth-order valence-electron chi connectivity index (χ4n) is 5.65. The van der Waals surface area contributed by atoms with Crippen molar-refractivity contribution >= 4 is 35.1 Å². The molecule has 0 bridgehead atoms. The standard InChI is InChI=1S/C30H35ClN2O7/c1-30(2,3)17-33-21-11-10-18(31)15-20(21)26(19-7-6-9-23-27(19)39-14-13-38-23)40-24(28(33)35)16-25(34)32-12-5-4-8-22(32)29(36)37/h6-7,9-11,15,22,24,26H,4-5,8,12-14,16-17H2,1-3H3,(H,36,37)/t22?,24-,26-/m0/s1. The van der Waals surface area contributed by atoms with Crippen LogP contribution in [0.15, 0.2) is 36.4 Å². The van der Waals surface area contributed by atoms with Gasteiger partial charge in [0.1, 0.15) is 31.5 Å². The number of rotatable bonds is 5. The molecule has 0 aromatic heterocycles. The summed E-state index contributed by atoms with van der Waals surface area (Å²) in [7, 11) is 0. The third-order valence-corrected chi connectivity index (χ3v) is 7.62. The number of carboxylic acids is 1. The number of hydrogen-bond donors (Lipinski definition) is 1. The average Bonchev–Trinajstić information content (AvgIpc) is 3.02. The monoisotopic (exact) mass is 570 g/mol. The second-order valence-corrected chi connectivity index (χ2v) is 12.1. The zero-order valence-electron chi connectivity index (χ0n) is 23.0. The number of carbonyl (C=O) groups is 3. The van der Waals surface area contributed by atoms with Crippen LogP contribution in [0.25, 0.3) is 0 Å². The summed E-state index contributed by atoms with van der Waals surface area (Å²) in [5.41, 5.74) is 1.69. The zero-order chi connectivity index (χ0) is 28.6. The molecule has 0 spiro atoms. The molecule has 1 saturated heterocycles. The molecule has 3 atom stereocenters. The van der Waals surface area contributed by atoms with Gasteiger partial charge in [0, 0.05) is 34.9 Å². The number of nitrogens with zero attached hydrogens (tertiary/aromatic N) is 2. The van der Waals surface area contributed by atoms with Crippen LogP contribution >= 0.6 is 11.6 Å². The summed E-state index contributed by atoms with van der Waals surface area (Å²) in [6.07, 6.45) is -0.412. The highest BCUT2D eigenvalue weighted by Crippen LogP contribution is 2.46. The van der Waals surface area contributed by atoms with Crippen LogP contribution in [0, 0.1) is 5.41 Å². The Bertz CT molecular complexity index is 1310. The minimum atomic E-state index is -1.16. The van der Waals surface area contributed by atoms with Crippen LogP contribution in [0.1, 0.15) is 63.7 Å². The zero-order valence-corrected chi connectivity index (χ0v) is 23.8. The molecule has 0 aliphatic carbocycles. The molecule has 9 nitrogen and oxygen atoms in total. The highest BCUT2D eigenvalue weighted by atomic mass is 35.5. The lowest BCUT2D eigenvalue weighted by molar-refractivity contribution is -0.154. The van der Waals surface area contributed by atoms with E-state index in [1.54, 1.807) is 23.1 Å². The van der Waals surface area contributed by atoms with Crippen LogP contribution < -0.4 is 14.4 Å². The maximum Gasteiger partial charge on any atom is 0.326 e. The number of anilines is 1. The Kier molecular flexibility index (Phi) is 7.97. The third-order valence-electron chi connectivity index (χ3n) is 7.38. The second kappa shape index (κ2) is 11.3. The van der Waals surface area contributed by atoms with Crippen LogP contribution in [0.4, 0.5) is 5.69 Å². The molecule has 1 fully saturated rings. The van der Waals surface area contributed by atoms with Gasteiger partial charge in [-0.3, -0.25) is 9.59 Å². The smallest absolute Gasteiger partial charge is 0.326 e. The van der Waals surface area contributed by atoms with Gasteiger partial charge in [0.15, 0.2) is 11.5 Å². The van der Waals surface area contributed by atoms with Gasteiger partial charge in [0.25, 0.3) is 5.91 Å². The second-order valence-electron chi connectivity index (χ2n) is 11.7. The summed E-state index contributed by atoms with van der Waals surface area (Å²) in [6, 6.07) is 9.91. The number of amides is 2. The van der Waals surface area contributed by atoms with Crippen molar-refractivity contribution in [3.05, 3.63) is 52.5 Å². The van der Waals surface area contributed by atoms with Gasteiger partial charge in [-0.2, -0.15) is 0 Å². The summed E-state index contributed by atoms with van der Waals surface area (Å²) in [5.74, 6) is -0.723. The van der Waals surface area contributed by atoms with Crippen LogP contribution in [0.5, 0.6) is 11.5 Å². The van der Waals surface area contributed by atoms with E-state index >= 15 is 0 Å². The van der Waals surface area contributed by atoms with Crippen molar-refractivity contribution in [1.29, 1.82) is 0 Å². The molecule has 10 heteroatoms. The van der Waals surface area contributed by atoms with E-state index in [1.165, 1.54) is 4.90 Å². The predicted molar refractivity (Wildman–Crippen MR) is 149 cm³/mol. The Morgan fingerprint density at radius 2 is 1.85 bits per heavy atom. The lowest BCUT2D eigenvalue weighted by atomic mass is 9.94. The Hall–Kier alpha value is -3.30. The average molecular weight is 571 g/mol. The number of fused-ring (bicyclic) bond motifs is 2. The van der Waals surface area contributed by atoms with Crippen molar-refractivity contribution in [3.63, 3.8) is 0 Å². The highest BCUT2D eigenvalue weighted by molar-refractivity contribution is 6.30. The van der Waals surface area contributed by atoms with E-state index in [1.807, 2.05) is 39.0 Å². The molecule has 1 unspecified atom stereocenters. The number of aliphatic carboxylic acids is 1. The van der Waals surface area contributed by atoms with Gasteiger partial charge in [0.2, 0.25) is 5.91 Å². The number of carbonyl (C=O) groups excluding carboxylic acids is 2. The van der Waals surface area contributed by atoms with Crippen molar-refractivity contribution in [2.45, 2.75) is 64.7 Å².